The molecule has 1 amide bonds. The molecule has 2 aromatic rings. The Labute approximate surface area is 153 Å². The monoisotopic (exact) mass is 357 g/mol. The Morgan fingerprint density at radius 1 is 1.19 bits per heavy atom. The van der Waals surface area contributed by atoms with Gasteiger partial charge < -0.3 is 14.4 Å². The number of piperidine rings is 1. The molecule has 0 bridgehead atoms. The molecule has 2 aromatic carbocycles. The molecule has 4 nitrogen and oxygen atoms in total. The van der Waals surface area contributed by atoms with Crippen molar-refractivity contribution in [1.29, 1.82) is 0 Å². The topological polar surface area (TPSA) is 38.8 Å². The molecule has 0 aromatic heterocycles. The molecule has 1 saturated heterocycles. The van der Waals surface area contributed by atoms with Gasteiger partial charge in [-0.2, -0.15) is 0 Å². The van der Waals surface area contributed by atoms with E-state index in [0.717, 1.165) is 18.6 Å². The number of likely N-dealkylation sites (tertiary alicyclic amines) is 1. The highest BCUT2D eigenvalue weighted by molar-refractivity contribution is 5.94. The lowest BCUT2D eigenvalue weighted by Gasteiger charge is -2.38. The summed E-state index contributed by atoms with van der Waals surface area (Å²) in [6.45, 7) is 1.22. The van der Waals surface area contributed by atoms with Gasteiger partial charge in [-0.3, -0.25) is 4.79 Å². The Hall–Kier alpha value is -2.40. The molecule has 1 heterocycles. The lowest BCUT2D eigenvalue weighted by atomic mass is 9.88. The van der Waals surface area contributed by atoms with Crippen molar-refractivity contribution in [2.45, 2.75) is 18.9 Å². The number of ether oxygens (including phenoxy) is 2. The average molecular weight is 357 g/mol. The van der Waals surface area contributed by atoms with Crippen LogP contribution in [-0.4, -0.2) is 44.2 Å². The molecule has 0 aliphatic carbocycles. The lowest BCUT2D eigenvalue weighted by Crippen LogP contribution is -2.47. The Morgan fingerprint density at radius 2 is 1.96 bits per heavy atom. The molecule has 0 saturated carbocycles. The third-order valence-corrected chi connectivity index (χ3v) is 4.98. The third-order valence-electron chi connectivity index (χ3n) is 4.98. The number of benzene rings is 2. The number of hydrogen-bond acceptors (Lipinski definition) is 3. The Kier molecular flexibility index (Phi) is 5.89. The summed E-state index contributed by atoms with van der Waals surface area (Å²) in [6.07, 6.45) is 1.70. The zero-order chi connectivity index (χ0) is 18.5. The van der Waals surface area contributed by atoms with Crippen molar-refractivity contribution in [1.82, 2.24) is 4.90 Å². The van der Waals surface area contributed by atoms with Gasteiger partial charge in [0.05, 0.1) is 13.2 Å². The van der Waals surface area contributed by atoms with Crippen LogP contribution in [0.25, 0.3) is 0 Å². The van der Waals surface area contributed by atoms with Crippen LogP contribution in [0.4, 0.5) is 4.39 Å². The zero-order valence-electron chi connectivity index (χ0n) is 15.2. The molecule has 138 valence electrons. The lowest BCUT2D eigenvalue weighted by molar-refractivity contribution is -0.00300. The van der Waals surface area contributed by atoms with Crippen molar-refractivity contribution in [3.05, 3.63) is 65.5 Å². The van der Waals surface area contributed by atoms with Gasteiger partial charge in [-0.1, -0.05) is 18.2 Å². The van der Waals surface area contributed by atoms with Crippen LogP contribution in [0, 0.1) is 11.7 Å². The fourth-order valence-electron chi connectivity index (χ4n) is 3.57. The van der Waals surface area contributed by atoms with E-state index >= 15 is 0 Å². The minimum absolute atomic E-state index is 0.105. The van der Waals surface area contributed by atoms with E-state index < -0.39 is 5.82 Å². The Morgan fingerprint density at radius 3 is 2.62 bits per heavy atom. The highest BCUT2D eigenvalue weighted by atomic mass is 19.1. The molecule has 1 fully saturated rings. The van der Waals surface area contributed by atoms with Crippen LogP contribution in [0.5, 0.6) is 5.75 Å². The van der Waals surface area contributed by atoms with Crippen LogP contribution in [0.2, 0.25) is 0 Å². The summed E-state index contributed by atoms with van der Waals surface area (Å²) in [7, 11) is 3.36. The first-order valence-corrected chi connectivity index (χ1v) is 8.81. The molecule has 3 rings (SSSR count). The van der Waals surface area contributed by atoms with E-state index in [2.05, 4.69) is 0 Å². The van der Waals surface area contributed by atoms with Gasteiger partial charge in [0.2, 0.25) is 0 Å². The molecule has 0 unspecified atom stereocenters. The number of carbonyl (C=O) groups excluding carboxylic acids is 1. The predicted molar refractivity (Wildman–Crippen MR) is 97.9 cm³/mol. The van der Waals surface area contributed by atoms with Gasteiger partial charge in [-0.25, -0.2) is 4.39 Å². The summed E-state index contributed by atoms with van der Waals surface area (Å²) < 4.78 is 24.3. The predicted octanol–water partition coefficient (Wildman–Crippen LogP) is 3.55. The van der Waals surface area contributed by atoms with Crippen molar-refractivity contribution in [2.75, 3.05) is 27.3 Å². The normalized spacial score (nSPS) is 20.0. The highest BCUT2D eigenvalue weighted by Crippen LogP contribution is 2.26. The summed E-state index contributed by atoms with van der Waals surface area (Å²) in [4.78, 5) is 14.5. The van der Waals surface area contributed by atoms with E-state index in [1.54, 1.807) is 31.3 Å². The number of hydrogen-bond donors (Lipinski definition) is 0. The first-order valence-electron chi connectivity index (χ1n) is 8.81. The first kappa shape index (κ1) is 18.4. The number of carbonyl (C=O) groups is 1. The molecule has 0 radical (unpaired) electrons. The first-order chi connectivity index (χ1) is 12.6. The van der Waals surface area contributed by atoms with Gasteiger partial charge in [-0.15, -0.1) is 0 Å². The molecule has 0 spiro atoms. The fraction of sp³-hybridized carbons (Fsp3) is 0.381. The standard InChI is InChI=1S/C21H24FNO3/c1-25-19-8-6-15(7-9-19)12-17-14-23(11-10-20(17)26-2)21(24)16-4-3-5-18(22)13-16/h3-9,13,17,20H,10-12,14H2,1-2H3/t17-,20-/m0/s1. The minimum atomic E-state index is -0.391. The second kappa shape index (κ2) is 8.32. The van der Waals surface area contributed by atoms with Crippen molar-refractivity contribution < 1.29 is 18.7 Å². The summed E-state index contributed by atoms with van der Waals surface area (Å²) in [6, 6.07) is 13.8. The Balaban J connectivity index is 1.72. The second-order valence-electron chi connectivity index (χ2n) is 6.64. The summed E-state index contributed by atoms with van der Waals surface area (Å²) in [5.74, 6) is 0.499. The maximum atomic E-state index is 13.4. The second-order valence-corrected chi connectivity index (χ2v) is 6.64. The molecule has 26 heavy (non-hydrogen) atoms. The maximum Gasteiger partial charge on any atom is 0.253 e. The van der Waals surface area contributed by atoms with Crippen molar-refractivity contribution in [3.8, 4) is 5.75 Å². The number of methoxy groups -OCH3 is 2. The number of rotatable bonds is 5. The van der Waals surface area contributed by atoms with Gasteiger partial charge in [0.15, 0.2) is 0 Å². The average Bonchev–Trinajstić information content (AvgIpc) is 2.68. The van der Waals surface area contributed by atoms with Crippen LogP contribution >= 0.6 is 0 Å². The molecule has 2 atom stereocenters. The minimum Gasteiger partial charge on any atom is -0.497 e. The van der Waals surface area contributed by atoms with E-state index in [4.69, 9.17) is 9.47 Å². The summed E-state index contributed by atoms with van der Waals surface area (Å²) in [5, 5.41) is 0. The van der Waals surface area contributed by atoms with Crippen LogP contribution in [-0.2, 0) is 11.2 Å². The SMILES string of the molecule is COc1ccc(C[C@H]2CN(C(=O)c3cccc(F)c3)CC[C@@H]2OC)cc1. The fourth-order valence-corrected chi connectivity index (χ4v) is 3.57. The largest absolute Gasteiger partial charge is 0.497 e. The van der Waals surface area contributed by atoms with E-state index in [1.807, 2.05) is 24.3 Å². The quantitative estimate of drug-likeness (QED) is 0.821. The van der Waals surface area contributed by atoms with Gasteiger partial charge in [0.1, 0.15) is 11.6 Å². The molecule has 0 N–H and O–H groups in total. The number of halogens is 1. The smallest absolute Gasteiger partial charge is 0.253 e. The van der Waals surface area contributed by atoms with Crippen LogP contribution in [0.3, 0.4) is 0 Å². The van der Waals surface area contributed by atoms with Crippen LogP contribution < -0.4 is 4.74 Å². The van der Waals surface area contributed by atoms with E-state index in [1.165, 1.54) is 17.7 Å². The van der Waals surface area contributed by atoms with Crippen molar-refractivity contribution in [3.63, 3.8) is 0 Å². The molecular weight excluding hydrogens is 333 g/mol. The number of nitrogens with zero attached hydrogens (tertiary/aromatic N) is 1. The van der Waals surface area contributed by atoms with E-state index in [9.17, 15) is 9.18 Å². The summed E-state index contributed by atoms with van der Waals surface area (Å²) >= 11 is 0. The molecule has 5 heteroatoms. The van der Waals surface area contributed by atoms with Crippen LogP contribution in [0.1, 0.15) is 22.3 Å². The number of amides is 1. The van der Waals surface area contributed by atoms with Crippen LogP contribution in [0.15, 0.2) is 48.5 Å². The Bertz CT molecular complexity index is 747. The zero-order valence-corrected chi connectivity index (χ0v) is 15.2. The summed E-state index contributed by atoms with van der Waals surface area (Å²) in [5.41, 5.74) is 1.57. The molecule has 1 aliphatic rings. The van der Waals surface area contributed by atoms with E-state index in [0.29, 0.717) is 18.7 Å². The highest BCUT2D eigenvalue weighted by Gasteiger charge is 2.32. The third kappa shape index (κ3) is 4.22. The van der Waals surface area contributed by atoms with Gasteiger partial charge in [-0.05, 0) is 48.7 Å². The molecule has 1 aliphatic heterocycles. The van der Waals surface area contributed by atoms with Crippen molar-refractivity contribution >= 4 is 5.91 Å². The van der Waals surface area contributed by atoms with Gasteiger partial charge >= 0.3 is 0 Å². The van der Waals surface area contributed by atoms with Crippen molar-refractivity contribution in [2.24, 2.45) is 5.92 Å². The van der Waals surface area contributed by atoms with E-state index in [-0.39, 0.29) is 17.9 Å². The van der Waals surface area contributed by atoms with Gasteiger partial charge in [0.25, 0.3) is 5.91 Å². The maximum absolute atomic E-state index is 13.4. The molecular formula is C21H24FNO3. The van der Waals surface area contributed by atoms with Gasteiger partial charge in [0, 0.05) is 31.7 Å².